The quantitative estimate of drug-likeness (QED) is 0.310. The highest BCUT2D eigenvalue weighted by molar-refractivity contribution is 5.66. The first-order valence-electron chi connectivity index (χ1n) is 14.5. The van der Waals surface area contributed by atoms with Crippen molar-refractivity contribution in [3.8, 4) is 11.4 Å². The second-order valence-corrected chi connectivity index (χ2v) is 12.1. The summed E-state index contributed by atoms with van der Waals surface area (Å²) in [6.07, 6.45) is 2.86. The molecule has 0 saturated carbocycles. The lowest BCUT2D eigenvalue weighted by Gasteiger charge is -2.41. The minimum atomic E-state index is -0.901. The summed E-state index contributed by atoms with van der Waals surface area (Å²) in [5.41, 5.74) is 2.86. The summed E-state index contributed by atoms with van der Waals surface area (Å²) in [6.45, 7) is 9.20. The van der Waals surface area contributed by atoms with E-state index < -0.39 is 11.6 Å². The molecule has 2 N–H and O–H groups in total. The molecule has 0 spiro atoms. The van der Waals surface area contributed by atoms with Crippen LogP contribution in [0.4, 0.5) is 20.8 Å². The Morgan fingerprint density at radius 3 is 2.69 bits per heavy atom. The number of nitrogens with zero attached hydrogens (tertiary/aromatic N) is 7. The summed E-state index contributed by atoms with van der Waals surface area (Å²) in [5.74, 6) is 1.48. The van der Waals surface area contributed by atoms with E-state index in [-0.39, 0.29) is 17.9 Å². The molecule has 1 atom stereocenters. The molecule has 1 unspecified atom stereocenters. The van der Waals surface area contributed by atoms with Crippen LogP contribution >= 0.6 is 0 Å². The lowest BCUT2D eigenvalue weighted by molar-refractivity contribution is 0.0999. The predicted molar refractivity (Wildman–Crippen MR) is 160 cm³/mol. The molecule has 6 rings (SSSR count). The van der Waals surface area contributed by atoms with Gasteiger partial charge in [-0.05, 0) is 75.6 Å². The molecule has 0 radical (unpaired) electrons. The Morgan fingerprint density at radius 2 is 1.93 bits per heavy atom. The Morgan fingerprint density at radius 1 is 1.12 bits per heavy atom. The molecule has 5 heterocycles. The first kappa shape index (κ1) is 27.9. The molecule has 42 heavy (non-hydrogen) atoms. The van der Waals surface area contributed by atoms with Gasteiger partial charge in [-0.3, -0.25) is 0 Å². The molecule has 1 amide bonds. The van der Waals surface area contributed by atoms with Crippen molar-refractivity contribution in [2.24, 2.45) is 0 Å². The SMILES string of the molecule is CC(C)(C)N(CCNC1CN(c2cccc(-c3cnc4ccc(N5CCCC5c5cccc(F)c5)nn34)n2)C1)C(=O)O. The Bertz CT molecular complexity index is 1580. The molecule has 220 valence electrons. The molecule has 10 nitrogen and oxygen atoms in total. The van der Waals surface area contributed by atoms with Crippen LogP contribution in [-0.4, -0.2) is 80.0 Å². The van der Waals surface area contributed by atoms with E-state index >= 15 is 0 Å². The number of pyridine rings is 1. The minimum Gasteiger partial charge on any atom is -0.465 e. The van der Waals surface area contributed by atoms with Crippen LogP contribution in [0.25, 0.3) is 17.0 Å². The van der Waals surface area contributed by atoms with Gasteiger partial charge in [0.1, 0.15) is 23.1 Å². The average molecular weight is 573 g/mol. The van der Waals surface area contributed by atoms with E-state index in [9.17, 15) is 14.3 Å². The fraction of sp³-hybridized carbons (Fsp3) is 0.419. The average Bonchev–Trinajstić information content (AvgIpc) is 3.58. The lowest BCUT2D eigenvalue weighted by Crippen LogP contribution is -2.60. The van der Waals surface area contributed by atoms with Gasteiger partial charge in [-0.25, -0.2) is 23.7 Å². The van der Waals surface area contributed by atoms with Crippen LogP contribution < -0.4 is 15.1 Å². The number of hydrogen-bond acceptors (Lipinski definition) is 7. The van der Waals surface area contributed by atoms with Gasteiger partial charge in [0.05, 0.1) is 17.9 Å². The lowest BCUT2D eigenvalue weighted by atomic mass is 10.0. The van der Waals surface area contributed by atoms with Crippen molar-refractivity contribution >= 4 is 23.4 Å². The molecule has 3 aromatic heterocycles. The maximum Gasteiger partial charge on any atom is 0.407 e. The van der Waals surface area contributed by atoms with Crippen molar-refractivity contribution in [2.45, 2.75) is 51.2 Å². The van der Waals surface area contributed by atoms with Gasteiger partial charge >= 0.3 is 6.09 Å². The highest BCUT2D eigenvalue weighted by Gasteiger charge is 2.30. The van der Waals surface area contributed by atoms with E-state index in [4.69, 9.17) is 10.1 Å². The number of halogens is 1. The zero-order chi connectivity index (χ0) is 29.4. The Hall–Kier alpha value is -4.25. The molecular formula is C31H37FN8O2. The van der Waals surface area contributed by atoms with E-state index in [1.807, 2.05) is 61.7 Å². The molecule has 0 bridgehead atoms. The standard InChI is InChI=1S/C31H37FN8O2/c1-31(2,3)39(30(41)42)16-14-33-23-19-37(20-23)28-11-5-9-24(35-28)26-18-34-27-12-13-29(36-40(26)27)38-15-6-10-25(38)21-7-4-8-22(32)17-21/h4-5,7-9,11-13,17-18,23,25,33H,6,10,14-16,19-20H2,1-3H3,(H,41,42). The number of hydrogen-bond donors (Lipinski definition) is 2. The number of imidazole rings is 1. The van der Waals surface area contributed by atoms with Crippen LogP contribution in [0, 0.1) is 5.82 Å². The maximum absolute atomic E-state index is 14.0. The van der Waals surface area contributed by atoms with Crippen LogP contribution in [0.5, 0.6) is 0 Å². The van der Waals surface area contributed by atoms with Crippen LogP contribution in [0.3, 0.4) is 0 Å². The van der Waals surface area contributed by atoms with Gasteiger partial charge in [0.2, 0.25) is 0 Å². The summed E-state index contributed by atoms with van der Waals surface area (Å²) in [4.78, 5) is 27.0. The number of amides is 1. The minimum absolute atomic E-state index is 0.0766. The molecule has 2 aliphatic heterocycles. The molecule has 2 fully saturated rings. The second kappa shape index (κ2) is 11.2. The Labute approximate surface area is 244 Å². The first-order chi connectivity index (χ1) is 20.2. The van der Waals surface area contributed by atoms with Crippen LogP contribution in [0.2, 0.25) is 0 Å². The fourth-order valence-corrected chi connectivity index (χ4v) is 5.93. The smallest absolute Gasteiger partial charge is 0.407 e. The van der Waals surface area contributed by atoms with E-state index in [0.29, 0.717) is 13.1 Å². The largest absolute Gasteiger partial charge is 0.465 e. The summed E-state index contributed by atoms with van der Waals surface area (Å²) >= 11 is 0. The van der Waals surface area contributed by atoms with Crippen LogP contribution in [0.15, 0.2) is 60.8 Å². The van der Waals surface area contributed by atoms with Gasteiger partial charge in [0.25, 0.3) is 0 Å². The number of rotatable bonds is 8. The predicted octanol–water partition coefficient (Wildman–Crippen LogP) is 4.83. The zero-order valence-electron chi connectivity index (χ0n) is 24.2. The van der Waals surface area contributed by atoms with Crippen molar-refractivity contribution in [2.75, 3.05) is 42.5 Å². The fourth-order valence-electron chi connectivity index (χ4n) is 5.93. The van der Waals surface area contributed by atoms with Gasteiger partial charge < -0.3 is 25.1 Å². The molecule has 2 aliphatic rings. The van der Waals surface area contributed by atoms with Crippen molar-refractivity contribution in [1.82, 2.24) is 29.8 Å². The number of anilines is 2. The van der Waals surface area contributed by atoms with E-state index in [1.54, 1.807) is 18.3 Å². The monoisotopic (exact) mass is 572 g/mol. The summed E-state index contributed by atoms with van der Waals surface area (Å²) in [7, 11) is 0. The third-order valence-corrected chi connectivity index (χ3v) is 8.14. The number of carbonyl (C=O) groups is 1. The number of carboxylic acid groups (broad SMARTS) is 1. The molecular weight excluding hydrogens is 535 g/mol. The summed E-state index contributed by atoms with van der Waals surface area (Å²) in [6, 6.07) is 17.1. The van der Waals surface area contributed by atoms with Crippen molar-refractivity contribution in [1.29, 1.82) is 0 Å². The second-order valence-electron chi connectivity index (χ2n) is 12.1. The van der Waals surface area contributed by atoms with E-state index in [2.05, 4.69) is 20.1 Å². The van der Waals surface area contributed by atoms with Crippen molar-refractivity contribution in [3.63, 3.8) is 0 Å². The van der Waals surface area contributed by atoms with Crippen molar-refractivity contribution < 1.29 is 14.3 Å². The molecule has 11 heteroatoms. The van der Waals surface area contributed by atoms with Crippen LogP contribution in [0.1, 0.15) is 45.2 Å². The van der Waals surface area contributed by atoms with Gasteiger partial charge in [-0.15, -0.1) is 5.10 Å². The van der Waals surface area contributed by atoms with Gasteiger partial charge in [-0.2, -0.15) is 0 Å². The Balaban J connectivity index is 1.14. The van der Waals surface area contributed by atoms with Gasteiger partial charge in [-0.1, -0.05) is 18.2 Å². The molecule has 4 aromatic rings. The topological polar surface area (TPSA) is 102 Å². The Kier molecular flexibility index (Phi) is 7.44. The van der Waals surface area contributed by atoms with E-state index in [0.717, 1.165) is 66.7 Å². The molecule has 0 aliphatic carbocycles. The highest BCUT2D eigenvalue weighted by atomic mass is 19.1. The number of nitrogens with one attached hydrogen (secondary N) is 1. The van der Waals surface area contributed by atoms with Crippen LogP contribution in [-0.2, 0) is 0 Å². The number of benzene rings is 1. The van der Waals surface area contributed by atoms with E-state index in [1.165, 1.54) is 11.0 Å². The molecule has 2 saturated heterocycles. The number of aromatic nitrogens is 4. The normalized spacial score (nSPS) is 17.6. The zero-order valence-corrected chi connectivity index (χ0v) is 24.2. The highest BCUT2D eigenvalue weighted by Crippen LogP contribution is 2.36. The van der Waals surface area contributed by atoms with Gasteiger partial charge in [0, 0.05) is 44.3 Å². The van der Waals surface area contributed by atoms with Gasteiger partial charge in [0.15, 0.2) is 5.65 Å². The third kappa shape index (κ3) is 5.61. The summed E-state index contributed by atoms with van der Waals surface area (Å²) < 4.78 is 15.8. The third-order valence-electron chi connectivity index (χ3n) is 8.14. The first-order valence-corrected chi connectivity index (χ1v) is 14.5. The number of fused-ring (bicyclic) bond motifs is 1. The van der Waals surface area contributed by atoms with Crippen molar-refractivity contribution in [3.05, 3.63) is 72.2 Å². The maximum atomic E-state index is 14.0. The molecule has 1 aromatic carbocycles. The summed E-state index contributed by atoms with van der Waals surface area (Å²) in [5, 5.41) is 17.9.